The molecule has 1 aromatic carbocycles. The Balaban J connectivity index is 1.27. The van der Waals surface area contributed by atoms with Gasteiger partial charge in [-0.15, -0.1) is 0 Å². The van der Waals surface area contributed by atoms with Gasteiger partial charge in [-0.1, -0.05) is 26.0 Å². The summed E-state index contributed by atoms with van der Waals surface area (Å²) in [7, 11) is 0. The van der Waals surface area contributed by atoms with Gasteiger partial charge in [0.05, 0.1) is 18.2 Å². The molecule has 14 nitrogen and oxygen atoms in total. The number of aliphatic hydroxyl groups is 2. The maximum atomic E-state index is 13.5. The summed E-state index contributed by atoms with van der Waals surface area (Å²) in [6, 6.07) is 5.72. The zero-order valence-electron chi connectivity index (χ0n) is 22.1. The summed E-state index contributed by atoms with van der Waals surface area (Å²) in [5, 5.41) is 31.8. The summed E-state index contributed by atoms with van der Waals surface area (Å²) in [4.78, 5) is 39.3. The Morgan fingerprint density at radius 2 is 1.98 bits per heavy atom. The van der Waals surface area contributed by atoms with E-state index >= 15 is 0 Å². The van der Waals surface area contributed by atoms with Crippen molar-refractivity contribution < 1.29 is 24.5 Å². The van der Waals surface area contributed by atoms with Crippen LogP contribution in [-0.4, -0.2) is 93.1 Å². The molecule has 5 heterocycles. The molecule has 6 rings (SSSR count). The zero-order valence-corrected chi connectivity index (χ0v) is 22.1. The van der Waals surface area contributed by atoms with Gasteiger partial charge in [0.1, 0.15) is 23.5 Å². The maximum Gasteiger partial charge on any atom is 0.267 e. The van der Waals surface area contributed by atoms with Crippen molar-refractivity contribution in [3.05, 3.63) is 53.3 Å². The lowest BCUT2D eigenvalue weighted by atomic mass is 9.79. The van der Waals surface area contributed by atoms with Gasteiger partial charge in [0.15, 0.2) is 17.6 Å². The minimum Gasteiger partial charge on any atom is -0.492 e. The van der Waals surface area contributed by atoms with E-state index in [1.165, 1.54) is 4.90 Å². The van der Waals surface area contributed by atoms with Crippen molar-refractivity contribution in [2.45, 2.75) is 55.3 Å². The normalized spacial score (nSPS) is 29.1. The number of guanidine groups is 2. The molecule has 1 saturated heterocycles. The van der Waals surface area contributed by atoms with E-state index in [-0.39, 0.29) is 36.3 Å². The topological polar surface area (TPSA) is 216 Å². The predicted octanol–water partition coefficient (Wildman–Crippen LogP) is -1.72. The predicted molar refractivity (Wildman–Crippen MR) is 145 cm³/mol. The lowest BCUT2D eigenvalue weighted by Gasteiger charge is -2.49. The molecule has 1 aromatic heterocycles. The van der Waals surface area contributed by atoms with Crippen molar-refractivity contribution in [3.63, 3.8) is 0 Å². The average Bonchev–Trinajstić information content (AvgIpc) is 3.61. The van der Waals surface area contributed by atoms with Crippen LogP contribution in [0.4, 0.5) is 0 Å². The second kappa shape index (κ2) is 8.86. The highest BCUT2D eigenvalue weighted by molar-refractivity contribution is 5.98. The Hall–Kier alpha value is -4.30. The van der Waals surface area contributed by atoms with Gasteiger partial charge < -0.3 is 52.3 Å². The van der Waals surface area contributed by atoms with Crippen molar-refractivity contribution in [1.29, 1.82) is 0 Å². The Labute approximate surface area is 229 Å². The zero-order chi connectivity index (χ0) is 28.4. The van der Waals surface area contributed by atoms with Crippen LogP contribution in [0.5, 0.6) is 5.75 Å². The molecule has 1 fully saturated rings. The first-order valence-electron chi connectivity index (χ1n) is 13.1. The Morgan fingerprint density at radius 1 is 1.18 bits per heavy atom. The van der Waals surface area contributed by atoms with Crippen LogP contribution in [0, 0.1) is 0 Å². The van der Waals surface area contributed by atoms with Crippen molar-refractivity contribution in [1.82, 2.24) is 25.8 Å². The number of benzene rings is 1. The number of aromatic nitrogens is 1. The molecule has 2 aromatic rings. The number of nitrogens with two attached hydrogens (primary N) is 2. The third kappa shape index (κ3) is 3.70. The number of hydrogen-bond donors (Lipinski definition) is 8. The third-order valence-electron chi connectivity index (χ3n) is 8.38. The summed E-state index contributed by atoms with van der Waals surface area (Å²) >= 11 is 0. The molecule has 2 amide bonds. The number of aromatic amines is 1. The molecule has 1 spiro atoms. The molecule has 0 saturated carbocycles. The smallest absolute Gasteiger partial charge is 0.267 e. The summed E-state index contributed by atoms with van der Waals surface area (Å²) < 4.78 is 5.89. The number of carbonyl (C=O) groups excluding carboxylic acids is 2. The van der Waals surface area contributed by atoms with Gasteiger partial charge in [0.25, 0.3) is 11.8 Å². The second-order valence-electron chi connectivity index (χ2n) is 11.2. The van der Waals surface area contributed by atoms with E-state index in [1.807, 2.05) is 6.07 Å². The number of fused-ring (bicyclic) bond motifs is 1. The molecule has 0 bridgehead atoms. The molecule has 0 radical (unpaired) electrons. The molecule has 0 aliphatic carbocycles. The van der Waals surface area contributed by atoms with E-state index < -0.39 is 35.5 Å². The highest BCUT2D eigenvalue weighted by Gasteiger charge is 2.73. The fourth-order valence-corrected chi connectivity index (χ4v) is 6.20. The lowest BCUT2D eigenvalue weighted by molar-refractivity contribution is -0.230. The molecule has 4 aliphatic heterocycles. The number of carbonyl (C=O) groups is 2. The summed E-state index contributed by atoms with van der Waals surface area (Å²) in [6.45, 7) is 4.54. The number of hydrogen-bond acceptors (Lipinski definition) is 11. The van der Waals surface area contributed by atoms with Crippen molar-refractivity contribution >= 4 is 23.7 Å². The van der Waals surface area contributed by atoms with Crippen LogP contribution in [0.2, 0.25) is 0 Å². The molecular formula is C26H33N9O5. The Kier molecular flexibility index (Phi) is 5.75. The fourth-order valence-electron chi connectivity index (χ4n) is 6.20. The third-order valence-corrected chi connectivity index (χ3v) is 8.38. The summed E-state index contributed by atoms with van der Waals surface area (Å²) in [5.74, 6) is -3.08. The number of rotatable bonds is 5. The average molecular weight is 552 g/mol. The van der Waals surface area contributed by atoms with E-state index in [4.69, 9.17) is 16.2 Å². The van der Waals surface area contributed by atoms with Crippen molar-refractivity contribution in [2.75, 3.05) is 19.7 Å². The molecule has 4 atom stereocenters. The molecule has 212 valence electrons. The van der Waals surface area contributed by atoms with E-state index in [0.717, 1.165) is 12.0 Å². The molecule has 40 heavy (non-hydrogen) atoms. The first-order chi connectivity index (χ1) is 19.0. The molecule has 4 aliphatic rings. The number of aliphatic imine (C=N–C) groups is 2. The highest BCUT2D eigenvalue weighted by atomic mass is 16.5. The minimum atomic E-state index is -2.60. The quantitative estimate of drug-likeness (QED) is 0.198. The van der Waals surface area contributed by atoms with Gasteiger partial charge in [-0.3, -0.25) is 9.59 Å². The number of para-hydroxylation sites is 1. The van der Waals surface area contributed by atoms with Crippen molar-refractivity contribution in [3.8, 4) is 5.75 Å². The number of ether oxygens (including phenoxy) is 1. The Morgan fingerprint density at radius 3 is 2.73 bits per heavy atom. The monoisotopic (exact) mass is 551 g/mol. The number of nitrogens with one attached hydrogen (secondary N) is 4. The van der Waals surface area contributed by atoms with Gasteiger partial charge in [-0.2, -0.15) is 0 Å². The van der Waals surface area contributed by atoms with E-state index in [2.05, 4.69) is 44.8 Å². The summed E-state index contributed by atoms with van der Waals surface area (Å²) in [6.07, 6.45) is 2.43. The molecular weight excluding hydrogens is 518 g/mol. The number of H-pyrrole nitrogens is 1. The van der Waals surface area contributed by atoms with Gasteiger partial charge >= 0.3 is 0 Å². The van der Waals surface area contributed by atoms with E-state index in [9.17, 15) is 19.8 Å². The first-order valence-corrected chi connectivity index (χ1v) is 13.1. The second-order valence-corrected chi connectivity index (χ2v) is 11.2. The van der Waals surface area contributed by atoms with Gasteiger partial charge in [0.2, 0.25) is 5.79 Å². The standard InChI is InChI=1S/C26H33N9O5/c1-24(2)8-10-40-18-13(5-3-6-14(18)24)20(36)32-17-12-35-23(28)31-16(11-30-21(37)15-7-4-9-29-15)19-25(35,26(17,38)39)34-22(27)33-19/h3-7,9,16-17,19,29,38-39H,8,10-12H2,1-2H3,(H2,28,31)(H,30,37)(H,32,36)(H3,27,33,34)/t16-,17?,19?,25?/m0/s1. The molecule has 10 N–H and O–H groups in total. The van der Waals surface area contributed by atoms with Gasteiger partial charge in [-0.25, -0.2) is 9.98 Å². The maximum absolute atomic E-state index is 13.5. The van der Waals surface area contributed by atoms with Crippen molar-refractivity contribution in [2.24, 2.45) is 21.5 Å². The van der Waals surface area contributed by atoms with Gasteiger partial charge in [-0.05, 0) is 30.0 Å². The summed E-state index contributed by atoms with van der Waals surface area (Å²) in [5.41, 5.74) is 12.0. The van der Waals surface area contributed by atoms with Crippen LogP contribution in [-0.2, 0) is 5.41 Å². The van der Waals surface area contributed by atoms with Crippen LogP contribution >= 0.6 is 0 Å². The Bertz CT molecular complexity index is 1420. The SMILES string of the molecule is CC1(C)CCOc2c(C(=O)NC3CN4C(N)=N[C@@H](CNC(=O)c5ccc[nH]5)C5N=C(N)NC54C3(O)O)cccc21. The van der Waals surface area contributed by atoms with Gasteiger partial charge in [0, 0.05) is 24.8 Å². The molecule has 14 heteroatoms. The molecule has 3 unspecified atom stereocenters. The fraction of sp³-hybridized carbons (Fsp3) is 0.462. The van der Waals surface area contributed by atoms with E-state index in [0.29, 0.717) is 23.6 Å². The highest BCUT2D eigenvalue weighted by Crippen LogP contribution is 2.45. The van der Waals surface area contributed by atoms with Crippen LogP contribution in [0.25, 0.3) is 0 Å². The minimum absolute atomic E-state index is 0.00630. The van der Waals surface area contributed by atoms with Crippen LogP contribution in [0.3, 0.4) is 0 Å². The van der Waals surface area contributed by atoms with Crippen LogP contribution in [0.15, 0.2) is 46.5 Å². The number of amides is 2. The largest absolute Gasteiger partial charge is 0.492 e. The number of nitrogens with zero attached hydrogens (tertiary/aromatic N) is 3. The van der Waals surface area contributed by atoms with E-state index in [1.54, 1.807) is 30.5 Å². The van der Waals surface area contributed by atoms with Crippen LogP contribution in [0.1, 0.15) is 46.7 Å². The first kappa shape index (κ1) is 26.0. The van der Waals surface area contributed by atoms with Crippen LogP contribution < -0.4 is 32.2 Å². The lowest BCUT2D eigenvalue weighted by Crippen LogP contribution is -2.78.